The number of nitrogens with one attached hydrogen (secondary N) is 1. The van der Waals surface area contributed by atoms with Crippen molar-refractivity contribution in [2.45, 2.75) is 43.0 Å². The van der Waals surface area contributed by atoms with Crippen LogP contribution in [0.2, 0.25) is 0 Å². The number of hydrogen-bond acceptors (Lipinski definition) is 3. The topological polar surface area (TPSA) is 70.0 Å². The maximum Gasteiger partial charge on any atom is 0.240 e. The van der Waals surface area contributed by atoms with Crippen LogP contribution in [0.5, 0.6) is 0 Å². The van der Waals surface area contributed by atoms with Gasteiger partial charge < -0.3 is 0 Å². The van der Waals surface area contributed by atoms with Crippen LogP contribution < -0.4 is 4.72 Å². The van der Waals surface area contributed by atoms with Crippen molar-refractivity contribution in [1.82, 2.24) is 4.72 Å². The van der Waals surface area contributed by atoms with Gasteiger partial charge in [0.1, 0.15) is 5.82 Å². The van der Waals surface area contributed by atoms with E-state index < -0.39 is 15.8 Å². The van der Waals surface area contributed by atoms with E-state index >= 15 is 0 Å². The lowest BCUT2D eigenvalue weighted by Crippen LogP contribution is -2.37. The molecule has 0 saturated heterocycles. The Morgan fingerprint density at radius 1 is 1.30 bits per heavy atom. The minimum Gasteiger partial charge on any atom is -0.208 e. The summed E-state index contributed by atoms with van der Waals surface area (Å²) in [5, 5.41) is 8.65. The number of benzene rings is 1. The van der Waals surface area contributed by atoms with Crippen LogP contribution >= 0.6 is 0 Å². The average molecular weight is 296 g/mol. The van der Waals surface area contributed by atoms with Crippen LogP contribution in [0.15, 0.2) is 29.2 Å². The molecule has 0 amide bonds. The first-order valence-corrected chi connectivity index (χ1v) is 8.14. The molecule has 1 aromatic rings. The fourth-order valence-corrected chi connectivity index (χ4v) is 3.87. The second-order valence-corrected chi connectivity index (χ2v) is 6.87. The SMILES string of the molecule is N#CCC1CCC(NS(=O)(=O)c2cccc(F)c2)CC1. The molecule has 1 aliphatic rings. The van der Waals surface area contributed by atoms with E-state index in [-0.39, 0.29) is 10.9 Å². The van der Waals surface area contributed by atoms with Crippen LogP contribution in [-0.2, 0) is 10.0 Å². The van der Waals surface area contributed by atoms with Crippen molar-refractivity contribution < 1.29 is 12.8 Å². The molecule has 0 atom stereocenters. The van der Waals surface area contributed by atoms with Crippen molar-refractivity contribution in [3.8, 4) is 6.07 Å². The summed E-state index contributed by atoms with van der Waals surface area (Å²) in [4.78, 5) is -0.0448. The molecule has 1 N–H and O–H groups in total. The normalized spacial score (nSPS) is 23.2. The molecule has 4 nitrogen and oxygen atoms in total. The van der Waals surface area contributed by atoms with E-state index in [1.807, 2.05) is 0 Å². The first kappa shape index (κ1) is 14.9. The molecule has 0 unspecified atom stereocenters. The lowest BCUT2D eigenvalue weighted by atomic mass is 9.85. The predicted molar refractivity (Wildman–Crippen MR) is 72.7 cm³/mol. The highest BCUT2D eigenvalue weighted by molar-refractivity contribution is 7.89. The molecule has 0 aliphatic heterocycles. The molecule has 1 aliphatic carbocycles. The molecule has 0 spiro atoms. The van der Waals surface area contributed by atoms with Gasteiger partial charge in [-0.1, -0.05) is 6.07 Å². The lowest BCUT2D eigenvalue weighted by molar-refractivity contribution is 0.317. The number of nitrogens with zero attached hydrogens (tertiary/aromatic N) is 1. The Kier molecular flexibility index (Phi) is 4.73. The summed E-state index contributed by atoms with van der Waals surface area (Å²) in [6.07, 6.45) is 3.68. The Labute approximate surface area is 118 Å². The second kappa shape index (κ2) is 6.33. The van der Waals surface area contributed by atoms with Crippen molar-refractivity contribution in [3.05, 3.63) is 30.1 Å². The average Bonchev–Trinajstić information content (AvgIpc) is 2.41. The molecule has 0 heterocycles. The molecular weight excluding hydrogens is 279 g/mol. The van der Waals surface area contributed by atoms with E-state index in [4.69, 9.17) is 5.26 Å². The van der Waals surface area contributed by atoms with Crippen LogP contribution in [0.25, 0.3) is 0 Å². The van der Waals surface area contributed by atoms with Gasteiger partial charge in [-0.25, -0.2) is 17.5 Å². The van der Waals surface area contributed by atoms with Gasteiger partial charge in [-0.15, -0.1) is 0 Å². The van der Waals surface area contributed by atoms with E-state index in [0.717, 1.165) is 31.7 Å². The summed E-state index contributed by atoms with van der Waals surface area (Å²) in [7, 11) is -3.67. The molecule has 0 bridgehead atoms. The van der Waals surface area contributed by atoms with Gasteiger partial charge in [-0.2, -0.15) is 5.26 Å². The fourth-order valence-electron chi connectivity index (χ4n) is 2.54. The minimum atomic E-state index is -3.67. The smallest absolute Gasteiger partial charge is 0.208 e. The Morgan fingerprint density at radius 2 is 2.00 bits per heavy atom. The first-order chi connectivity index (χ1) is 9.51. The van der Waals surface area contributed by atoms with E-state index in [1.54, 1.807) is 0 Å². The van der Waals surface area contributed by atoms with Gasteiger partial charge in [0.2, 0.25) is 10.0 Å². The monoisotopic (exact) mass is 296 g/mol. The van der Waals surface area contributed by atoms with Gasteiger partial charge in [-0.05, 0) is 49.8 Å². The molecule has 108 valence electrons. The quantitative estimate of drug-likeness (QED) is 0.928. The van der Waals surface area contributed by atoms with Crippen molar-refractivity contribution in [1.29, 1.82) is 5.26 Å². The summed E-state index contributed by atoms with van der Waals surface area (Å²) in [5.41, 5.74) is 0. The molecular formula is C14H17FN2O2S. The number of hydrogen-bond donors (Lipinski definition) is 1. The summed E-state index contributed by atoms with van der Waals surface area (Å²) in [6.45, 7) is 0. The Hall–Kier alpha value is -1.45. The first-order valence-electron chi connectivity index (χ1n) is 6.66. The summed E-state index contributed by atoms with van der Waals surface area (Å²) in [5.74, 6) is -0.194. The standard InChI is InChI=1S/C14H17FN2O2S/c15-12-2-1-3-14(10-12)20(18,19)17-13-6-4-11(5-7-13)8-9-16/h1-3,10-11,13,17H,4-8H2. The van der Waals surface area contributed by atoms with Gasteiger partial charge in [0.25, 0.3) is 0 Å². The van der Waals surface area contributed by atoms with Gasteiger partial charge in [0.05, 0.1) is 11.0 Å². The van der Waals surface area contributed by atoms with Crippen LogP contribution in [-0.4, -0.2) is 14.5 Å². The van der Waals surface area contributed by atoms with Crippen molar-refractivity contribution in [2.24, 2.45) is 5.92 Å². The fraction of sp³-hybridized carbons (Fsp3) is 0.500. The van der Waals surface area contributed by atoms with E-state index in [0.29, 0.717) is 12.3 Å². The third-order valence-electron chi connectivity index (χ3n) is 3.65. The molecule has 0 aromatic heterocycles. The molecule has 1 aromatic carbocycles. The second-order valence-electron chi connectivity index (χ2n) is 5.16. The summed E-state index contributed by atoms with van der Waals surface area (Å²) < 4.78 is 40.0. The Balaban J connectivity index is 1.98. The van der Waals surface area contributed by atoms with Gasteiger partial charge in [0, 0.05) is 12.5 Å². The molecule has 20 heavy (non-hydrogen) atoms. The number of rotatable bonds is 4. The Bertz CT molecular complexity index is 602. The highest BCUT2D eigenvalue weighted by Gasteiger charge is 2.25. The number of sulfonamides is 1. The maximum atomic E-state index is 13.1. The third-order valence-corrected chi connectivity index (χ3v) is 5.17. The number of nitriles is 1. The van der Waals surface area contributed by atoms with Gasteiger partial charge in [-0.3, -0.25) is 0 Å². The van der Waals surface area contributed by atoms with Crippen LogP contribution in [0.4, 0.5) is 4.39 Å². The zero-order valence-corrected chi connectivity index (χ0v) is 11.9. The van der Waals surface area contributed by atoms with Crippen molar-refractivity contribution in [2.75, 3.05) is 0 Å². The van der Waals surface area contributed by atoms with Crippen LogP contribution in [0.1, 0.15) is 32.1 Å². The van der Waals surface area contributed by atoms with Crippen molar-refractivity contribution in [3.63, 3.8) is 0 Å². The Morgan fingerprint density at radius 3 is 2.60 bits per heavy atom. The molecule has 2 rings (SSSR count). The van der Waals surface area contributed by atoms with E-state index in [2.05, 4.69) is 10.8 Å². The zero-order valence-electron chi connectivity index (χ0n) is 11.0. The highest BCUT2D eigenvalue weighted by Crippen LogP contribution is 2.27. The van der Waals surface area contributed by atoms with Gasteiger partial charge >= 0.3 is 0 Å². The minimum absolute atomic E-state index is 0.0448. The molecule has 0 radical (unpaired) electrons. The highest BCUT2D eigenvalue weighted by atomic mass is 32.2. The van der Waals surface area contributed by atoms with Crippen LogP contribution in [0.3, 0.4) is 0 Å². The third kappa shape index (κ3) is 3.78. The van der Waals surface area contributed by atoms with E-state index in [9.17, 15) is 12.8 Å². The lowest BCUT2D eigenvalue weighted by Gasteiger charge is -2.27. The maximum absolute atomic E-state index is 13.1. The van der Waals surface area contributed by atoms with Gasteiger partial charge in [0.15, 0.2) is 0 Å². The predicted octanol–water partition coefficient (Wildman–Crippen LogP) is 2.58. The van der Waals surface area contributed by atoms with Crippen LogP contribution in [0, 0.1) is 23.1 Å². The van der Waals surface area contributed by atoms with E-state index in [1.165, 1.54) is 18.2 Å². The zero-order chi connectivity index (χ0) is 14.6. The molecule has 1 saturated carbocycles. The number of halogens is 1. The largest absolute Gasteiger partial charge is 0.240 e. The summed E-state index contributed by atoms with van der Waals surface area (Å²) in [6, 6.07) is 7.02. The molecule has 6 heteroatoms. The summed E-state index contributed by atoms with van der Waals surface area (Å²) >= 11 is 0. The molecule has 1 fully saturated rings. The van der Waals surface area contributed by atoms with Crippen molar-refractivity contribution >= 4 is 10.0 Å².